The summed E-state index contributed by atoms with van der Waals surface area (Å²) in [4.78, 5) is 60.6. The Kier molecular flexibility index (Phi) is 18.6. The normalized spacial score (nSPS) is 11.5. The van der Waals surface area contributed by atoms with Gasteiger partial charge in [0, 0.05) is 100.0 Å². The van der Waals surface area contributed by atoms with Crippen molar-refractivity contribution in [3.8, 4) is 146 Å². The van der Waals surface area contributed by atoms with Crippen molar-refractivity contribution in [2.24, 2.45) is 0 Å². The Morgan fingerprint density at radius 1 is 0.135 bits per heavy atom. The summed E-state index contributed by atoms with van der Waals surface area (Å²) in [6, 6.07) is 143. The third kappa shape index (κ3) is 14.2. The number of benzene rings is 14. The zero-order valence-electron chi connectivity index (χ0n) is 67.8. The van der Waals surface area contributed by atoms with Crippen molar-refractivity contribution < 1.29 is 0 Å². The van der Waals surface area contributed by atoms with Gasteiger partial charge in [-0.1, -0.05) is 322 Å². The first-order chi connectivity index (χ1) is 62.3. The molecule has 126 heavy (non-hydrogen) atoms. The van der Waals surface area contributed by atoms with E-state index in [0.29, 0.717) is 23.0 Å². The molecule has 0 radical (unpaired) electrons. The first-order valence-corrected chi connectivity index (χ1v) is 42.0. The monoisotopic (exact) mass is 1610 g/mol. The summed E-state index contributed by atoms with van der Waals surface area (Å²) in [5.41, 5.74) is 30.6. The minimum atomic E-state index is 0.575. The highest BCUT2D eigenvalue weighted by Gasteiger charge is 2.20. The van der Waals surface area contributed by atoms with E-state index in [-0.39, 0.29) is 0 Å². The summed E-state index contributed by atoms with van der Waals surface area (Å²) in [5, 5.41) is 10.8. The topological polar surface area (TPSA) is 155 Å². The summed E-state index contributed by atoms with van der Waals surface area (Å²) < 4.78 is 0. The zero-order valence-corrected chi connectivity index (χ0v) is 67.8. The Morgan fingerprint density at radius 3 is 0.952 bits per heavy atom. The lowest BCUT2D eigenvalue weighted by atomic mass is 9.93. The minimum Gasteiger partial charge on any atom is -0.254 e. The summed E-state index contributed by atoms with van der Waals surface area (Å²) in [7, 11) is 0. The fourth-order valence-corrected chi connectivity index (χ4v) is 17.2. The summed E-state index contributed by atoms with van der Waals surface area (Å²) in [6.45, 7) is 0. The molecular formula is C114H70N12. The minimum absolute atomic E-state index is 0.575. The maximum absolute atomic E-state index is 5.33. The molecule has 0 N–H and O–H groups in total. The fraction of sp³-hybridized carbons (Fsp3) is 0. The van der Waals surface area contributed by atoms with E-state index < -0.39 is 0 Å². The Hall–Kier alpha value is -17.2. The van der Waals surface area contributed by atoms with E-state index in [1.807, 2.05) is 140 Å². The van der Waals surface area contributed by atoms with Crippen LogP contribution in [0.4, 0.5) is 0 Å². The maximum Gasteiger partial charge on any atom is 0.179 e. The predicted molar refractivity (Wildman–Crippen MR) is 515 cm³/mol. The van der Waals surface area contributed by atoms with Gasteiger partial charge in [-0.3, -0.25) is 9.97 Å². The number of fused-ring (bicyclic) bond motifs is 11. The van der Waals surface area contributed by atoms with Crippen LogP contribution in [-0.2, 0) is 0 Å². The van der Waals surface area contributed by atoms with E-state index in [1.54, 1.807) is 0 Å². The van der Waals surface area contributed by atoms with Crippen LogP contribution in [0.2, 0.25) is 0 Å². The van der Waals surface area contributed by atoms with Crippen molar-refractivity contribution in [1.29, 1.82) is 0 Å². The van der Waals surface area contributed by atoms with Crippen molar-refractivity contribution in [3.63, 3.8) is 0 Å². The third-order valence-electron chi connectivity index (χ3n) is 23.6. The quantitative estimate of drug-likeness (QED) is 0.101. The van der Waals surface area contributed by atoms with Crippen LogP contribution in [-0.4, -0.2) is 59.8 Å². The number of hydrogen-bond donors (Lipinski definition) is 0. The summed E-state index contributed by atoms with van der Waals surface area (Å²) in [6.07, 6.45) is 3.66. The van der Waals surface area contributed by atoms with Gasteiger partial charge in [-0.15, -0.1) is 0 Å². The SMILES string of the molecule is c1ccc(-c2cc(-c3ccccc3)nc(-c3ccc4ccc(-c5ccc6ccc(-c7ccc(-c8cc9cccnc9c9ncccc89)cc7)cc6n5)cc4n3)n2)cc1.c1ccc(-c2cc(-c3ccccc3)nc(-c3ccc4ccc(-c5ccc6ccc(-c7ccc(-c8ccc9ccc%10ccc(-c%11ccccc%11)nc%10c9n8)c8ccccc78)cc6n5)cc4n3)n2)cc1. The van der Waals surface area contributed by atoms with E-state index in [9.17, 15) is 0 Å². The molecule has 10 heterocycles. The Morgan fingerprint density at radius 2 is 0.460 bits per heavy atom. The number of rotatable bonds is 13. The number of pyridine rings is 8. The van der Waals surface area contributed by atoms with Gasteiger partial charge in [-0.2, -0.15) is 0 Å². The molecule has 0 aliphatic rings. The Bertz CT molecular complexity index is 8280. The number of hydrogen-bond acceptors (Lipinski definition) is 12. The van der Waals surface area contributed by atoms with Crippen LogP contribution >= 0.6 is 0 Å². The highest BCUT2D eigenvalue weighted by molar-refractivity contribution is 6.11. The molecular weight excluding hydrogens is 1540 g/mol. The van der Waals surface area contributed by atoms with Crippen molar-refractivity contribution >= 4 is 98.0 Å². The van der Waals surface area contributed by atoms with Crippen LogP contribution in [0.5, 0.6) is 0 Å². The van der Waals surface area contributed by atoms with Crippen LogP contribution < -0.4 is 0 Å². The van der Waals surface area contributed by atoms with Gasteiger partial charge >= 0.3 is 0 Å². The second-order valence-corrected chi connectivity index (χ2v) is 31.5. The molecule has 14 aromatic carbocycles. The molecule has 0 aliphatic heterocycles. The van der Waals surface area contributed by atoms with E-state index >= 15 is 0 Å². The molecule has 0 bridgehead atoms. The molecule has 0 saturated carbocycles. The van der Waals surface area contributed by atoms with E-state index in [1.165, 1.54) is 0 Å². The molecule has 0 aliphatic carbocycles. The molecule has 0 fully saturated rings. The largest absolute Gasteiger partial charge is 0.254 e. The van der Waals surface area contributed by atoms with Gasteiger partial charge in [0.25, 0.3) is 0 Å². The van der Waals surface area contributed by atoms with Crippen molar-refractivity contribution in [2.45, 2.75) is 0 Å². The Balaban J connectivity index is 0.000000147. The van der Waals surface area contributed by atoms with Gasteiger partial charge in [0.1, 0.15) is 11.4 Å². The van der Waals surface area contributed by atoms with Gasteiger partial charge in [0.2, 0.25) is 0 Å². The van der Waals surface area contributed by atoms with Gasteiger partial charge in [0.05, 0.1) is 89.7 Å². The molecule has 10 aromatic heterocycles. The highest BCUT2D eigenvalue weighted by atomic mass is 14.9. The van der Waals surface area contributed by atoms with Crippen molar-refractivity contribution in [1.82, 2.24) is 59.8 Å². The molecule has 12 nitrogen and oxygen atoms in total. The second-order valence-electron chi connectivity index (χ2n) is 31.5. The average Bonchev–Trinajstić information content (AvgIpc) is 0.761. The predicted octanol–water partition coefficient (Wildman–Crippen LogP) is 28.2. The standard InChI is InChI=1S/C62H38N6.C52H32N6/c1-4-12-39(13-5-1)52-33-28-44-22-23-45-29-34-54(66-61(45)60(44)65-52)51-31-30-48(49-18-10-11-19-50(49)51)46-24-20-42-26-32-53(63-56(42)36-46)47-25-21-43-27-35-55(64-57(43)37-47)62-67-58(40-14-6-2-7-15-40)38-59(68-62)41-16-8-3-9-17-41;1-3-9-35(10-4-1)48-32-49(36-11-5-2-6-12-36)58-52(57-48)45-26-24-38-20-22-40(31-47(38)56-45)44-25-23-37-19-21-39(30-46(37)55-44)33-15-17-34(18-16-33)43-29-41-13-7-27-53-50(41)51-42(43)14-8-28-54-51/h1-38H;1-32H. The fourth-order valence-electron chi connectivity index (χ4n) is 17.2. The van der Waals surface area contributed by atoms with Crippen LogP contribution in [0, 0.1) is 0 Å². The molecule has 24 aromatic rings. The second kappa shape index (κ2) is 31.7. The highest BCUT2D eigenvalue weighted by Crippen LogP contribution is 2.41. The molecule has 0 amide bonds. The van der Waals surface area contributed by atoms with E-state index in [0.717, 1.165) is 221 Å². The summed E-state index contributed by atoms with van der Waals surface area (Å²) in [5.74, 6) is 1.16. The smallest absolute Gasteiger partial charge is 0.179 e. The molecule has 24 rings (SSSR count). The van der Waals surface area contributed by atoms with Crippen LogP contribution in [0.25, 0.3) is 244 Å². The molecule has 0 saturated heterocycles. The van der Waals surface area contributed by atoms with Gasteiger partial charge in [0.15, 0.2) is 11.6 Å². The average molecular weight is 1610 g/mol. The molecule has 0 spiro atoms. The van der Waals surface area contributed by atoms with Gasteiger partial charge in [-0.05, 0) is 135 Å². The van der Waals surface area contributed by atoms with Crippen LogP contribution in [0.3, 0.4) is 0 Å². The number of nitrogens with zero attached hydrogens (tertiary/aromatic N) is 12. The first-order valence-electron chi connectivity index (χ1n) is 42.0. The Labute approximate surface area is 724 Å². The van der Waals surface area contributed by atoms with Crippen molar-refractivity contribution in [2.75, 3.05) is 0 Å². The van der Waals surface area contributed by atoms with Crippen LogP contribution in [0.1, 0.15) is 0 Å². The molecule has 586 valence electrons. The van der Waals surface area contributed by atoms with E-state index in [4.69, 9.17) is 54.8 Å². The van der Waals surface area contributed by atoms with Crippen LogP contribution in [0.15, 0.2) is 425 Å². The first kappa shape index (κ1) is 73.9. The van der Waals surface area contributed by atoms with E-state index in [2.05, 4.69) is 290 Å². The lowest BCUT2D eigenvalue weighted by Gasteiger charge is -2.13. The number of aromatic nitrogens is 12. The lowest BCUT2D eigenvalue weighted by Crippen LogP contribution is -1.97. The zero-order chi connectivity index (χ0) is 83.4. The maximum atomic E-state index is 5.33. The molecule has 12 heteroatoms. The molecule has 0 unspecified atom stereocenters. The third-order valence-corrected chi connectivity index (χ3v) is 23.6. The summed E-state index contributed by atoms with van der Waals surface area (Å²) >= 11 is 0. The lowest BCUT2D eigenvalue weighted by molar-refractivity contribution is 1.16. The van der Waals surface area contributed by atoms with Gasteiger partial charge < -0.3 is 0 Å². The van der Waals surface area contributed by atoms with Crippen molar-refractivity contribution in [3.05, 3.63) is 425 Å². The molecule has 0 atom stereocenters. The van der Waals surface area contributed by atoms with Gasteiger partial charge in [-0.25, -0.2) is 49.8 Å².